The van der Waals surface area contributed by atoms with Crippen LogP contribution in [0.5, 0.6) is 0 Å². The molecule has 7 N–H and O–H groups in total. The Morgan fingerprint density at radius 3 is 2.08 bits per heavy atom. The number of amides is 3. The summed E-state index contributed by atoms with van der Waals surface area (Å²) in [5.74, 6) is -3.39. The summed E-state index contributed by atoms with van der Waals surface area (Å²) in [6.07, 6.45) is 0.672. The number of nitrogens with one attached hydrogen (secondary N) is 3. The van der Waals surface area contributed by atoms with Crippen LogP contribution in [0.4, 0.5) is 0 Å². The molecule has 138 valence electrons. The molecular weight excluding hydrogens is 320 g/mol. The highest BCUT2D eigenvalue weighted by atomic mass is 16.4. The predicted molar refractivity (Wildman–Crippen MR) is 84.7 cm³/mol. The zero-order valence-electron chi connectivity index (χ0n) is 14.0. The average molecular weight is 346 g/mol. The van der Waals surface area contributed by atoms with Crippen molar-refractivity contribution in [3.8, 4) is 0 Å². The minimum atomic E-state index is -1.26. The van der Waals surface area contributed by atoms with Gasteiger partial charge in [-0.2, -0.15) is 0 Å². The molecule has 0 fully saturated rings. The minimum Gasteiger partial charge on any atom is -0.480 e. The van der Waals surface area contributed by atoms with Gasteiger partial charge < -0.3 is 31.9 Å². The van der Waals surface area contributed by atoms with Crippen LogP contribution in [0.25, 0.3) is 0 Å². The molecule has 0 aliphatic heterocycles. The Morgan fingerprint density at radius 2 is 1.62 bits per heavy atom. The number of carbonyl (C=O) groups excluding carboxylic acids is 3. The number of nitrogens with two attached hydrogens (primary N) is 1. The summed E-state index contributed by atoms with van der Waals surface area (Å²) in [4.78, 5) is 45.9. The van der Waals surface area contributed by atoms with Crippen LogP contribution in [0.3, 0.4) is 0 Å². The van der Waals surface area contributed by atoms with Crippen molar-refractivity contribution in [1.82, 2.24) is 16.0 Å². The molecule has 0 aromatic rings. The Hall–Kier alpha value is -2.20. The maximum atomic E-state index is 12.0. The Balaban J connectivity index is 4.61. The molecule has 0 saturated heterocycles. The number of hydrogen-bond donors (Lipinski definition) is 6. The van der Waals surface area contributed by atoms with Gasteiger partial charge in [0.2, 0.25) is 17.7 Å². The molecular formula is C14H26N4O6. The quantitative estimate of drug-likeness (QED) is 0.255. The normalized spacial score (nSPS) is 15.5. The van der Waals surface area contributed by atoms with Crippen molar-refractivity contribution in [2.24, 2.45) is 11.7 Å². The summed E-state index contributed by atoms with van der Waals surface area (Å²) < 4.78 is 0. The number of hydrogen-bond acceptors (Lipinski definition) is 6. The smallest absolute Gasteiger partial charge is 0.322 e. The molecule has 24 heavy (non-hydrogen) atoms. The van der Waals surface area contributed by atoms with Crippen molar-refractivity contribution in [3.05, 3.63) is 0 Å². The first-order chi connectivity index (χ1) is 11.1. The SMILES string of the molecule is CCC(C)C(N)C(=O)NC(CO)C(=O)NC(C)C(=O)NCC(=O)O. The molecule has 0 aromatic heterocycles. The van der Waals surface area contributed by atoms with Crippen LogP contribution in [0.15, 0.2) is 0 Å². The van der Waals surface area contributed by atoms with Crippen LogP contribution >= 0.6 is 0 Å². The second-order valence-electron chi connectivity index (χ2n) is 5.50. The van der Waals surface area contributed by atoms with Gasteiger partial charge in [0, 0.05) is 0 Å². The van der Waals surface area contributed by atoms with E-state index >= 15 is 0 Å². The molecule has 0 heterocycles. The Labute approximate surface area is 140 Å². The van der Waals surface area contributed by atoms with Gasteiger partial charge >= 0.3 is 5.97 Å². The zero-order valence-corrected chi connectivity index (χ0v) is 14.0. The lowest BCUT2D eigenvalue weighted by atomic mass is 9.99. The molecule has 10 heteroatoms. The summed E-state index contributed by atoms with van der Waals surface area (Å²) in [6.45, 7) is 3.74. The first kappa shape index (κ1) is 21.8. The van der Waals surface area contributed by atoms with Gasteiger partial charge in [-0.05, 0) is 12.8 Å². The van der Waals surface area contributed by atoms with Crippen LogP contribution in [-0.4, -0.2) is 65.2 Å². The zero-order chi connectivity index (χ0) is 18.9. The van der Waals surface area contributed by atoms with Crippen LogP contribution in [0, 0.1) is 5.92 Å². The number of rotatable bonds is 10. The van der Waals surface area contributed by atoms with Crippen LogP contribution in [0.1, 0.15) is 27.2 Å². The van der Waals surface area contributed by atoms with E-state index in [0.29, 0.717) is 6.42 Å². The lowest BCUT2D eigenvalue weighted by molar-refractivity contribution is -0.138. The van der Waals surface area contributed by atoms with E-state index in [1.54, 1.807) is 6.92 Å². The van der Waals surface area contributed by atoms with Crippen molar-refractivity contribution >= 4 is 23.7 Å². The molecule has 0 aliphatic carbocycles. The molecule has 10 nitrogen and oxygen atoms in total. The first-order valence-corrected chi connectivity index (χ1v) is 7.60. The lowest BCUT2D eigenvalue weighted by Crippen LogP contribution is -2.57. The van der Waals surface area contributed by atoms with E-state index in [0.717, 1.165) is 0 Å². The number of carboxylic acid groups (broad SMARTS) is 1. The maximum Gasteiger partial charge on any atom is 0.322 e. The van der Waals surface area contributed by atoms with Crippen LogP contribution in [-0.2, 0) is 19.2 Å². The molecule has 0 bridgehead atoms. The lowest BCUT2D eigenvalue weighted by Gasteiger charge is -2.23. The molecule has 0 spiro atoms. The number of carbonyl (C=O) groups is 4. The van der Waals surface area contributed by atoms with Crippen molar-refractivity contribution in [2.45, 2.75) is 45.3 Å². The van der Waals surface area contributed by atoms with Crippen LogP contribution in [0.2, 0.25) is 0 Å². The van der Waals surface area contributed by atoms with Gasteiger partial charge in [-0.15, -0.1) is 0 Å². The largest absolute Gasteiger partial charge is 0.480 e. The Kier molecular flexibility index (Phi) is 9.58. The Bertz CT molecular complexity index is 470. The Morgan fingerprint density at radius 1 is 1.04 bits per heavy atom. The number of aliphatic hydroxyl groups is 1. The third kappa shape index (κ3) is 7.38. The van der Waals surface area contributed by atoms with E-state index in [4.69, 9.17) is 10.8 Å². The highest BCUT2D eigenvalue weighted by Crippen LogP contribution is 2.05. The van der Waals surface area contributed by atoms with Gasteiger partial charge in [-0.3, -0.25) is 19.2 Å². The van der Waals surface area contributed by atoms with Crippen molar-refractivity contribution in [3.63, 3.8) is 0 Å². The van der Waals surface area contributed by atoms with E-state index in [2.05, 4.69) is 16.0 Å². The first-order valence-electron chi connectivity index (χ1n) is 7.60. The number of aliphatic hydroxyl groups excluding tert-OH is 1. The van der Waals surface area contributed by atoms with Crippen molar-refractivity contribution in [1.29, 1.82) is 0 Å². The number of aliphatic carboxylic acids is 1. The number of carboxylic acids is 1. The minimum absolute atomic E-state index is 0.104. The fraction of sp³-hybridized carbons (Fsp3) is 0.714. The summed E-state index contributed by atoms with van der Waals surface area (Å²) in [7, 11) is 0. The molecule has 0 aliphatic rings. The van der Waals surface area contributed by atoms with Gasteiger partial charge in [-0.1, -0.05) is 20.3 Å². The van der Waals surface area contributed by atoms with Gasteiger partial charge in [0.15, 0.2) is 0 Å². The molecule has 3 amide bonds. The van der Waals surface area contributed by atoms with E-state index in [1.807, 2.05) is 6.92 Å². The topological polar surface area (TPSA) is 171 Å². The van der Waals surface area contributed by atoms with E-state index < -0.39 is 55.0 Å². The molecule has 0 rings (SSSR count). The van der Waals surface area contributed by atoms with Gasteiger partial charge in [-0.25, -0.2) is 0 Å². The summed E-state index contributed by atoms with van der Waals surface area (Å²) in [6, 6.07) is -3.12. The third-order valence-electron chi connectivity index (χ3n) is 3.54. The molecule has 4 unspecified atom stereocenters. The standard InChI is InChI=1S/C14H26N4O6/c1-4-7(2)11(15)14(24)18-9(6-19)13(23)17-8(3)12(22)16-5-10(20)21/h7-9,11,19H,4-6,15H2,1-3H3,(H,16,22)(H,17,23)(H,18,24)(H,20,21). The fourth-order valence-electron chi connectivity index (χ4n) is 1.67. The molecule has 0 radical (unpaired) electrons. The predicted octanol–water partition coefficient (Wildman–Crippen LogP) is -2.46. The van der Waals surface area contributed by atoms with Crippen LogP contribution < -0.4 is 21.7 Å². The van der Waals surface area contributed by atoms with Gasteiger partial charge in [0.25, 0.3) is 0 Å². The second-order valence-corrected chi connectivity index (χ2v) is 5.50. The summed E-state index contributed by atoms with van der Waals surface area (Å²) >= 11 is 0. The maximum absolute atomic E-state index is 12.0. The van der Waals surface area contributed by atoms with Gasteiger partial charge in [0.1, 0.15) is 18.6 Å². The monoisotopic (exact) mass is 346 g/mol. The second kappa shape index (κ2) is 10.6. The third-order valence-corrected chi connectivity index (χ3v) is 3.54. The van der Waals surface area contributed by atoms with Crippen molar-refractivity contribution in [2.75, 3.05) is 13.2 Å². The highest BCUT2D eigenvalue weighted by Gasteiger charge is 2.27. The average Bonchev–Trinajstić information content (AvgIpc) is 2.55. The molecule has 4 atom stereocenters. The molecule has 0 saturated carbocycles. The molecule has 0 aromatic carbocycles. The van der Waals surface area contributed by atoms with E-state index in [1.165, 1.54) is 6.92 Å². The van der Waals surface area contributed by atoms with Crippen molar-refractivity contribution < 1.29 is 29.4 Å². The fourth-order valence-corrected chi connectivity index (χ4v) is 1.67. The van der Waals surface area contributed by atoms with Gasteiger partial charge in [0.05, 0.1) is 12.6 Å². The van der Waals surface area contributed by atoms with E-state index in [-0.39, 0.29) is 5.92 Å². The summed E-state index contributed by atoms with van der Waals surface area (Å²) in [5.41, 5.74) is 5.75. The van der Waals surface area contributed by atoms with E-state index in [9.17, 15) is 24.3 Å². The summed E-state index contributed by atoms with van der Waals surface area (Å²) in [5, 5.41) is 24.4. The highest BCUT2D eigenvalue weighted by molar-refractivity contribution is 5.93.